The maximum atomic E-state index is 11.8. The number of hydrogen-bond acceptors (Lipinski definition) is 5. The lowest BCUT2D eigenvalue weighted by atomic mass is 10.0. The van der Waals surface area contributed by atoms with Crippen molar-refractivity contribution in [3.8, 4) is 5.75 Å². The molecule has 6 nitrogen and oxygen atoms in total. The molecule has 4 N–H and O–H groups in total. The number of nitrogens with one attached hydrogen (secondary N) is 1. The first-order valence-corrected chi connectivity index (χ1v) is 8.00. The van der Waals surface area contributed by atoms with Gasteiger partial charge >= 0.3 is 5.97 Å². The van der Waals surface area contributed by atoms with E-state index in [0.29, 0.717) is 17.0 Å². The van der Waals surface area contributed by atoms with Crippen molar-refractivity contribution in [3.05, 3.63) is 59.2 Å². The second-order valence-corrected chi connectivity index (χ2v) is 6.06. The zero-order valence-electron chi connectivity index (χ0n) is 14.6. The Bertz CT molecular complexity index is 755. The first-order chi connectivity index (χ1) is 11.9. The van der Waals surface area contributed by atoms with Gasteiger partial charge in [0.1, 0.15) is 5.75 Å². The molecule has 0 aliphatic rings. The molecule has 6 heteroatoms. The highest BCUT2D eigenvalue weighted by atomic mass is 16.5. The van der Waals surface area contributed by atoms with Crippen LogP contribution in [0.5, 0.6) is 5.75 Å². The second kappa shape index (κ2) is 8.19. The highest BCUT2D eigenvalue weighted by Gasteiger charge is 2.21. The minimum absolute atomic E-state index is 0.0163. The van der Waals surface area contributed by atoms with Crippen molar-refractivity contribution in [2.45, 2.75) is 32.9 Å². The van der Waals surface area contributed by atoms with Gasteiger partial charge in [-0.1, -0.05) is 18.2 Å². The molecule has 0 fully saturated rings. The van der Waals surface area contributed by atoms with Crippen LogP contribution in [0.3, 0.4) is 0 Å². The molecule has 132 valence electrons. The summed E-state index contributed by atoms with van der Waals surface area (Å²) in [4.78, 5) is 11.8. The van der Waals surface area contributed by atoms with Crippen LogP contribution in [0.2, 0.25) is 0 Å². The van der Waals surface area contributed by atoms with Crippen molar-refractivity contribution in [2.24, 2.45) is 10.9 Å². The predicted molar refractivity (Wildman–Crippen MR) is 99.2 cm³/mol. The molecule has 0 bridgehead atoms. The smallest absolute Gasteiger partial charge is 0.330 e. The second-order valence-electron chi connectivity index (χ2n) is 6.06. The lowest BCUT2D eigenvalue weighted by Gasteiger charge is -2.19. The summed E-state index contributed by atoms with van der Waals surface area (Å²) in [6.45, 7) is 5.78. The van der Waals surface area contributed by atoms with Crippen molar-refractivity contribution in [3.63, 3.8) is 0 Å². The molecule has 0 aromatic heterocycles. The summed E-state index contributed by atoms with van der Waals surface area (Å²) in [6.07, 6.45) is 1.54. The maximum Gasteiger partial charge on any atom is 0.330 e. The number of aliphatic carboxylic acids is 1. The number of carbonyl (C=O) groups is 1. The first kappa shape index (κ1) is 18.3. The summed E-state index contributed by atoms with van der Waals surface area (Å²) < 4.78 is 5.71. The summed E-state index contributed by atoms with van der Waals surface area (Å²) in [5.74, 6) is 4.82. The van der Waals surface area contributed by atoms with Crippen LogP contribution in [-0.4, -0.2) is 23.4 Å². The van der Waals surface area contributed by atoms with Crippen LogP contribution in [0, 0.1) is 6.92 Å². The van der Waals surface area contributed by atoms with Gasteiger partial charge in [0.15, 0.2) is 6.04 Å². The standard InChI is InChI=1S/C19H23N3O3/c1-12(2)25-17-9-13(3)8-15(10-17)18(19(23)24)22-16-6-4-14(5-7-16)11-21-20/h4-12,18,22H,20H2,1-3H3,(H,23,24). The van der Waals surface area contributed by atoms with Crippen molar-refractivity contribution >= 4 is 17.9 Å². The highest BCUT2D eigenvalue weighted by Crippen LogP contribution is 2.26. The van der Waals surface area contributed by atoms with Gasteiger partial charge in [0.25, 0.3) is 0 Å². The Labute approximate surface area is 147 Å². The van der Waals surface area contributed by atoms with Gasteiger partial charge in [-0.3, -0.25) is 0 Å². The lowest BCUT2D eigenvalue weighted by molar-refractivity contribution is -0.138. The van der Waals surface area contributed by atoms with Gasteiger partial charge in [0.05, 0.1) is 12.3 Å². The molecule has 0 saturated heterocycles. The fourth-order valence-corrected chi connectivity index (χ4v) is 2.49. The first-order valence-electron chi connectivity index (χ1n) is 8.00. The number of nitrogens with zero attached hydrogens (tertiary/aromatic N) is 1. The lowest BCUT2D eigenvalue weighted by Crippen LogP contribution is -2.21. The number of hydrogen-bond donors (Lipinski definition) is 3. The van der Waals surface area contributed by atoms with E-state index in [-0.39, 0.29) is 6.10 Å². The average Bonchev–Trinajstić information content (AvgIpc) is 2.52. The molecule has 0 aliphatic heterocycles. The van der Waals surface area contributed by atoms with E-state index < -0.39 is 12.0 Å². The number of aryl methyl sites for hydroxylation is 1. The largest absolute Gasteiger partial charge is 0.491 e. The number of nitrogens with two attached hydrogens (primary N) is 1. The fourth-order valence-electron chi connectivity index (χ4n) is 2.49. The van der Waals surface area contributed by atoms with Gasteiger partial charge in [-0.15, -0.1) is 0 Å². The van der Waals surface area contributed by atoms with Gasteiger partial charge in [-0.25, -0.2) is 4.79 Å². The van der Waals surface area contributed by atoms with Crippen LogP contribution in [0.25, 0.3) is 0 Å². The van der Waals surface area contributed by atoms with Crippen LogP contribution in [-0.2, 0) is 4.79 Å². The number of benzene rings is 2. The van der Waals surface area contributed by atoms with E-state index in [2.05, 4.69) is 10.4 Å². The van der Waals surface area contributed by atoms with Gasteiger partial charge in [-0.05, 0) is 61.7 Å². The van der Waals surface area contributed by atoms with Gasteiger partial charge in [-0.2, -0.15) is 5.10 Å². The fraction of sp³-hybridized carbons (Fsp3) is 0.263. The summed E-state index contributed by atoms with van der Waals surface area (Å²) >= 11 is 0. The number of anilines is 1. The van der Waals surface area contributed by atoms with Crippen LogP contribution >= 0.6 is 0 Å². The Hall–Kier alpha value is -3.02. The topological polar surface area (TPSA) is 96.9 Å². The zero-order valence-corrected chi connectivity index (χ0v) is 14.6. The third-order valence-corrected chi connectivity index (χ3v) is 3.47. The molecule has 0 amide bonds. The average molecular weight is 341 g/mol. The molecule has 0 saturated carbocycles. The van der Waals surface area contributed by atoms with E-state index in [1.807, 2.05) is 32.9 Å². The number of hydrazone groups is 1. The highest BCUT2D eigenvalue weighted by molar-refractivity contribution is 5.82. The van der Waals surface area contributed by atoms with Crippen molar-refractivity contribution < 1.29 is 14.6 Å². The minimum atomic E-state index is -0.964. The van der Waals surface area contributed by atoms with Crippen molar-refractivity contribution in [1.82, 2.24) is 0 Å². The molecule has 2 aromatic rings. The summed E-state index contributed by atoms with van der Waals surface area (Å²) in [5.41, 5.74) is 3.10. The molecule has 0 heterocycles. The Morgan fingerprint density at radius 1 is 1.24 bits per heavy atom. The summed E-state index contributed by atoms with van der Waals surface area (Å²) in [5, 5.41) is 16.2. The number of carboxylic acid groups (broad SMARTS) is 1. The van der Waals surface area contributed by atoms with Gasteiger partial charge in [0, 0.05) is 5.69 Å². The molecule has 0 spiro atoms. The van der Waals surface area contributed by atoms with Crippen LogP contribution < -0.4 is 15.9 Å². The Kier molecular flexibility index (Phi) is 6.00. The van der Waals surface area contributed by atoms with Crippen LogP contribution in [0.4, 0.5) is 5.69 Å². The van der Waals surface area contributed by atoms with E-state index in [9.17, 15) is 9.90 Å². The number of ether oxygens (including phenoxy) is 1. The molecule has 0 radical (unpaired) electrons. The van der Waals surface area contributed by atoms with Crippen molar-refractivity contribution in [2.75, 3.05) is 5.32 Å². The third-order valence-electron chi connectivity index (χ3n) is 3.47. The molecule has 1 atom stereocenters. The monoisotopic (exact) mass is 341 g/mol. The maximum absolute atomic E-state index is 11.8. The van der Waals surface area contributed by atoms with E-state index in [1.165, 1.54) is 6.21 Å². The molecule has 0 aliphatic carbocycles. The van der Waals surface area contributed by atoms with E-state index in [4.69, 9.17) is 10.6 Å². The predicted octanol–water partition coefficient (Wildman–Crippen LogP) is 3.31. The number of carboxylic acids is 1. The molecule has 25 heavy (non-hydrogen) atoms. The quantitative estimate of drug-likeness (QED) is 0.408. The van der Waals surface area contributed by atoms with E-state index >= 15 is 0 Å². The van der Waals surface area contributed by atoms with Gasteiger partial charge in [0.2, 0.25) is 0 Å². The Morgan fingerprint density at radius 2 is 1.92 bits per heavy atom. The Morgan fingerprint density at radius 3 is 2.48 bits per heavy atom. The molecule has 2 aromatic carbocycles. The Balaban J connectivity index is 2.28. The van der Waals surface area contributed by atoms with Crippen LogP contribution in [0.15, 0.2) is 47.6 Å². The minimum Gasteiger partial charge on any atom is -0.491 e. The third kappa shape index (κ3) is 5.24. The van der Waals surface area contributed by atoms with Crippen LogP contribution in [0.1, 0.15) is 36.6 Å². The summed E-state index contributed by atoms with van der Waals surface area (Å²) in [6, 6.07) is 11.8. The SMILES string of the molecule is Cc1cc(OC(C)C)cc(C(Nc2ccc(C=NN)cc2)C(=O)O)c1. The zero-order chi connectivity index (χ0) is 18.4. The number of rotatable bonds is 7. The summed E-state index contributed by atoms with van der Waals surface area (Å²) in [7, 11) is 0. The molecule has 2 rings (SSSR count). The van der Waals surface area contributed by atoms with E-state index in [0.717, 1.165) is 11.1 Å². The molecular formula is C19H23N3O3. The molecular weight excluding hydrogens is 318 g/mol. The van der Waals surface area contributed by atoms with Gasteiger partial charge < -0.3 is 21.0 Å². The van der Waals surface area contributed by atoms with Crippen molar-refractivity contribution in [1.29, 1.82) is 0 Å². The normalized spacial score (nSPS) is 12.3. The molecule has 1 unspecified atom stereocenters. The van der Waals surface area contributed by atoms with E-state index in [1.54, 1.807) is 30.3 Å².